The topological polar surface area (TPSA) is 86.3 Å². The monoisotopic (exact) mass is 434 g/mol. The Balaban J connectivity index is 1.58. The van der Waals surface area contributed by atoms with Crippen molar-refractivity contribution >= 4 is 25.3 Å². The minimum Gasteiger partial charge on any atom is -0.360 e. The van der Waals surface area contributed by atoms with E-state index in [4.69, 9.17) is 4.74 Å². The minimum absolute atomic E-state index is 0.287. The number of carbonyl (C=O) groups is 1. The van der Waals surface area contributed by atoms with Crippen LogP contribution in [0.25, 0.3) is 16.9 Å². The molecule has 0 spiro atoms. The lowest BCUT2D eigenvalue weighted by atomic mass is 10.1. The SMILES string of the molecule is C[Si](C)(C)CCOCn1ncc(NC(=O)c2cnn3cccnc23)c1-c1ccccc1. The van der Waals surface area contributed by atoms with Gasteiger partial charge in [-0.3, -0.25) is 4.79 Å². The van der Waals surface area contributed by atoms with Crippen LogP contribution in [0.5, 0.6) is 0 Å². The molecule has 1 amide bonds. The van der Waals surface area contributed by atoms with Crippen LogP contribution in [0.1, 0.15) is 10.4 Å². The third kappa shape index (κ3) is 4.89. The molecule has 3 heterocycles. The summed E-state index contributed by atoms with van der Waals surface area (Å²) < 4.78 is 9.26. The summed E-state index contributed by atoms with van der Waals surface area (Å²) in [4.78, 5) is 17.2. The molecular formula is C22H26N6O2Si. The highest BCUT2D eigenvalue weighted by Gasteiger charge is 2.19. The summed E-state index contributed by atoms with van der Waals surface area (Å²) in [6.07, 6.45) is 6.56. The van der Waals surface area contributed by atoms with Gasteiger partial charge in [0.05, 0.1) is 23.8 Å². The molecule has 31 heavy (non-hydrogen) atoms. The average molecular weight is 435 g/mol. The number of amides is 1. The van der Waals surface area contributed by atoms with Crippen molar-refractivity contribution in [2.75, 3.05) is 11.9 Å². The van der Waals surface area contributed by atoms with Gasteiger partial charge in [-0.2, -0.15) is 10.2 Å². The first-order chi connectivity index (χ1) is 14.9. The molecule has 8 nitrogen and oxygen atoms in total. The number of nitrogens with one attached hydrogen (secondary N) is 1. The Labute approximate surface area is 181 Å². The molecule has 0 aliphatic heterocycles. The van der Waals surface area contributed by atoms with Crippen LogP contribution in [0.4, 0.5) is 5.69 Å². The average Bonchev–Trinajstić information content (AvgIpc) is 3.35. The Bertz CT molecular complexity index is 1180. The van der Waals surface area contributed by atoms with Crippen LogP contribution in [0.15, 0.2) is 61.2 Å². The van der Waals surface area contributed by atoms with E-state index < -0.39 is 8.07 Å². The molecular weight excluding hydrogens is 408 g/mol. The van der Waals surface area contributed by atoms with E-state index in [2.05, 4.69) is 40.1 Å². The lowest BCUT2D eigenvalue weighted by Gasteiger charge is -2.16. The van der Waals surface area contributed by atoms with E-state index in [0.717, 1.165) is 17.3 Å². The molecule has 0 aliphatic carbocycles. The minimum atomic E-state index is -1.17. The number of hydrogen-bond acceptors (Lipinski definition) is 5. The van der Waals surface area contributed by atoms with Crippen molar-refractivity contribution in [2.24, 2.45) is 0 Å². The van der Waals surface area contributed by atoms with Gasteiger partial charge in [0.2, 0.25) is 0 Å². The Morgan fingerprint density at radius 2 is 1.90 bits per heavy atom. The first-order valence-corrected chi connectivity index (χ1v) is 13.9. The summed E-state index contributed by atoms with van der Waals surface area (Å²) in [7, 11) is -1.17. The summed E-state index contributed by atoms with van der Waals surface area (Å²) in [6, 6.07) is 12.7. The van der Waals surface area contributed by atoms with Crippen LogP contribution in [-0.2, 0) is 11.5 Å². The van der Waals surface area contributed by atoms with Crippen LogP contribution in [0.2, 0.25) is 25.7 Å². The van der Waals surface area contributed by atoms with E-state index in [1.807, 2.05) is 30.3 Å². The number of benzene rings is 1. The molecule has 4 rings (SSSR count). The van der Waals surface area contributed by atoms with E-state index in [0.29, 0.717) is 30.2 Å². The summed E-state index contributed by atoms with van der Waals surface area (Å²) in [5, 5.41) is 11.6. The lowest BCUT2D eigenvalue weighted by molar-refractivity contribution is 0.0798. The van der Waals surface area contributed by atoms with Gasteiger partial charge in [0, 0.05) is 32.6 Å². The molecule has 0 bridgehead atoms. The zero-order chi connectivity index (χ0) is 21.8. The second-order valence-electron chi connectivity index (χ2n) is 8.52. The molecule has 160 valence electrons. The van der Waals surface area contributed by atoms with E-state index in [-0.39, 0.29) is 5.91 Å². The van der Waals surface area contributed by atoms with E-state index in [1.54, 1.807) is 33.9 Å². The Morgan fingerprint density at radius 1 is 1.10 bits per heavy atom. The Hall–Kier alpha value is -3.30. The van der Waals surface area contributed by atoms with E-state index in [9.17, 15) is 4.79 Å². The quantitative estimate of drug-likeness (QED) is 0.332. The number of ether oxygens (including phenoxy) is 1. The number of nitrogens with zero attached hydrogens (tertiary/aromatic N) is 5. The number of carbonyl (C=O) groups excluding carboxylic acids is 1. The van der Waals surface area contributed by atoms with Crippen molar-refractivity contribution in [1.82, 2.24) is 24.4 Å². The van der Waals surface area contributed by atoms with Gasteiger partial charge in [-0.15, -0.1) is 0 Å². The lowest BCUT2D eigenvalue weighted by Crippen LogP contribution is -2.22. The van der Waals surface area contributed by atoms with E-state index >= 15 is 0 Å². The van der Waals surface area contributed by atoms with Crippen molar-refractivity contribution in [3.8, 4) is 11.3 Å². The number of fused-ring (bicyclic) bond motifs is 1. The van der Waals surface area contributed by atoms with E-state index in [1.165, 1.54) is 6.20 Å². The first kappa shape index (κ1) is 20.9. The predicted octanol–water partition coefficient (Wildman–Crippen LogP) is 4.16. The van der Waals surface area contributed by atoms with Gasteiger partial charge in [0.25, 0.3) is 5.91 Å². The highest BCUT2D eigenvalue weighted by Crippen LogP contribution is 2.28. The van der Waals surface area contributed by atoms with Gasteiger partial charge >= 0.3 is 0 Å². The molecule has 0 atom stereocenters. The second kappa shape index (κ2) is 8.82. The van der Waals surface area contributed by atoms with Crippen molar-refractivity contribution in [2.45, 2.75) is 32.4 Å². The van der Waals surface area contributed by atoms with Gasteiger partial charge < -0.3 is 10.1 Å². The molecule has 1 aromatic carbocycles. The highest BCUT2D eigenvalue weighted by atomic mass is 28.3. The molecule has 4 aromatic rings. The fourth-order valence-electron chi connectivity index (χ4n) is 3.18. The van der Waals surface area contributed by atoms with Crippen LogP contribution in [-0.4, -0.2) is 45.0 Å². The third-order valence-corrected chi connectivity index (χ3v) is 6.57. The Morgan fingerprint density at radius 3 is 2.68 bits per heavy atom. The number of aromatic nitrogens is 5. The third-order valence-electron chi connectivity index (χ3n) is 4.87. The maximum atomic E-state index is 13.0. The largest absolute Gasteiger partial charge is 0.360 e. The molecule has 1 N–H and O–H groups in total. The van der Waals surface area contributed by atoms with Gasteiger partial charge in [0.1, 0.15) is 12.3 Å². The van der Waals surface area contributed by atoms with Crippen LogP contribution >= 0.6 is 0 Å². The van der Waals surface area contributed by atoms with Crippen LogP contribution in [0.3, 0.4) is 0 Å². The first-order valence-electron chi connectivity index (χ1n) is 10.2. The van der Waals surface area contributed by atoms with Crippen LogP contribution in [0, 0.1) is 0 Å². The van der Waals surface area contributed by atoms with Crippen molar-refractivity contribution in [3.63, 3.8) is 0 Å². The summed E-state index contributed by atoms with van der Waals surface area (Å²) >= 11 is 0. The molecule has 0 radical (unpaired) electrons. The van der Waals surface area contributed by atoms with Crippen molar-refractivity contribution < 1.29 is 9.53 Å². The molecule has 0 fully saturated rings. The fourth-order valence-corrected chi connectivity index (χ4v) is 3.94. The summed E-state index contributed by atoms with van der Waals surface area (Å²) in [5.74, 6) is -0.287. The van der Waals surface area contributed by atoms with Crippen molar-refractivity contribution in [3.05, 3.63) is 66.7 Å². The van der Waals surface area contributed by atoms with Gasteiger partial charge in [-0.05, 0) is 12.1 Å². The molecule has 3 aromatic heterocycles. The maximum Gasteiger partial charge on any atom is 0.261 e. The molecule has 0 saturated carbocycles. The number of hydrogen-bond donors (Lipinski definition) is 1. The predicted molar refractivity (Wildman–Crippen MR) is 123 cm³/mol. The number of rotatable bonds is 8. The highest BCUT2D eigenvalue weighted by molar-refractivity contribution is 6.76. The zero-order valence-electron chi connectivity index (χ0n) is 17.9. The Kier molecular flexibility index (Phi) is 5.96. The zero-order valence-corrected chi connectivity index (χ0v) is 18.9. The second-order valence-corrected chi connectivity index (χ2v) is 14.1. The molecule has 0 unspecified atom stereocenters. The smallest absolute Gasteiger partial charge is 0.261 e. The van der Waals surface area contributed by atoms with Gasteiger partial charge in [-0.1, -0.05) is 50.0 Å². The fraction of sp³-hybridized carbons (Fsp3) is 0.273. The van der Waals surface area contributed by atoms with Crippen LogP contribution < -0.4 is 5.32 Å². The molecule has 9 heteroatoms. The van der Waals surface area contributed by atoms with Gasteiger partial charge in [-0.25, -0.2) is 14.2 Å². The number of anilines is 1. The molecule has 0 aliphatic rings. The summed E-state index contributed by atoms with van der Waals surface area (Å²) in [5.41, 5.74) is 3.26. The van der Waals surface area contributed by atoms with Gasteiger partial charge in [0.15, 0.2) is 5.65 Å². The maximum absolute atomic E-state index is 13.0. The normalized spacial score (nSPS) is 11.7. The molecule has 0 saturated heterocycles. The summed E-state index contributed by atoms with van der Waals surface area (Å²) in [6.45, 7) is 7.98. The standard InChI is InChI=1S/C22H26N6O2Si/c1-31(2,3)13-12-30-16-28-20(17-8-5-4-6-9-17)19(15-25-28)26-22(29)18-14-24-27-11-7-10-23-21(18)27/h4-11,14-15H,12-13,16H2,1-3H3,(H,26,29). The van der Waals surface area contributed by atoms with Crippen molar-refractivity contribution in [1.29, 1.82) is 0 Å².